The van der Waals surface area contributed by atoms with Crippen molar-refractivity contribution in [1.29, 1.82) is 0 Å². The van der Waals surface area contributed by atoms with Crippen LogP contribution >= 0.6 is 0 Å². The van der Waals surface area contributed by atoms with Crippen molar-refractivity contribution in [3.8, 4) is 0 Å². The van der Waals surface area contributed by atoms with Crippen molar-refractivity contribution < 1.29 is 0 Å². The summed E-state index contributed by atoms with van der Waals surface area (Å²) in [6.07, 6.45) is 1.34. The van der Waals surface area contributed by atoms with E-state index in [0.29, 0.717) is 21.7 Å². The van der Waals surface area contributed by atoms with Gasteiger partial charge in [-0.15, -0.1) is 0 Å². The highest BCUT2D eigenvalue weighted by Crippen LogP contribution is 2.68. The summed E-state index contributed by atoms with van der Waals surface area (Å²) in [5.74, 6) is 0.778. The van der Waals surface area contributed by atoms with Gasteiger partial charge < -0.3 is 0 Å². The molecular weight excluding hydrogens is 180 g/mol. The molecule has 1 aliphatic rings. The van der Waals surface area contributed by atoms with Crippen molar-refractivity contribution in [2.45, 2.75) is 68.7 Å². The van der Waals surface area contributed by atoms with Crippen LogP contribution in [-0.4, -0.2) is 0 Å². The Morgan fingerprint density at radius 1 is 0.933 bits per heavy atom. The first kappa shape index (κ1) is 13.1. The molecule has 1 aliphatic carbocycles. The van der Waals surface area contributed by atoms with Gasteiger partial charge in [0.25, 0.3) is 0 Å². The van der Waals surface area contributed by atoms with Crippen LogP contribution in [0.5, 0.6) is 0 Å². The molecule has 1 saturated carbocycles. The van der Waals surface area contributed by atoms with Crippen LogP contribution in [0, 0.1) is 27.6 Å². The van der Waals surface area contributed by atoms with E-state index in [9.17, 15) is 0 Å². The molecule has 2 atom stereocenters. The fourth-order valence-corrected chi connectivity index (χ4v) is 3.60. The lowest BCUT2D eigenvalue weighted by atomic mass is 9.60. The van der Waals surface area contributed by atoms with E-state index >= 15 is 0 Å². The lowest BCUT2D eigenvalue weighted by molar-refractivity contribution is 0.0353. The molecule has 0 heteroatoms. The minimum absolute atomic E-state index is 0.400. The standard InChI is InChI=1S/C15H30/c1-11-14(7,8)13(5,6)10-15(11,9)12(2,3)4/h11H,10H2,1-9H3/t11?,15-/m0/s1. The molecular formula is C15H30. The fraction of sp³-hybridized carbons (Fsp3) is 1.00. The van der Waals surface area contributed by atoms with Gasteiger partial charge in [-0.05, 0) is 34.0 Å². The minimum atomic E-state index is 0.400. The molecule has 0 aromatic carbocycles. The average molecular weight is 210 g/mol. The summed E-state index contributed by atoms with van der Waals surface area (Å²) in [6.45, 7) is 22.0. The second-order valence-electron chi connectivity index (χ2n) is 8.17. The van der Waals surface area contributed by atoms with Crippen LogP contribution in [0.2, 0.25) is 0 Å². The SMILES string of the molecule is CC1C(C)(C)C(C)(C)C[C@]1(C)C(C)(C)C. The number of hydrogen-bond donors (Lipinski definition) is 0. The van der Waals surface area contributed by atoms with E-state index in [0.717, 1.165) is 5.92 Å². The van der Waals surface area contributed by atoms with Gasteiger partial charge >= 0.3 is 0 Å². The predicted molar refractivity (Wildman–Crippen MR) is 68.9 cm³/mol. The first-order valence-corrected chi connectivity index (χ1v) is 6.36. The van der Waals surface area contributed by atoms with E-state index in [1.807, 2.05) is 0 Å². The molecule has 0 radical (unpaired) electrons. The molecule has 0 bridgehead atoms. The molecule has 0 aliphatic heterocycles. The van der Waals surface area contributed by atoms with E-state index in [1.165, 1.54) is 6.42 Å². The molecule has 0 heterocycles. The number of hydrogen-bond acceptors (Lipinski definition) is 0. The molecule has 0 saturated heterocycles. The largest absolute Gasteiger partial charge is 0.0614 e. The van der Waals surface area contributed by atoms with Crippen LogP contribution in [0.25, 0.3) is 0 Å². The van der Waals surface area contributed by atoms with Crippen molar-refractivity contribution >= 4 is 0 Å². The minimum Gasteiger partial charge on any atom is -0.0614 e. The molecule has 0 amide bonds. The molecule has 1 fully saturated rings. The third-order valence-corrected chi connectivity index (χ3v) is 6.31. The molecule has 0 nitrogen and oxygen atoms in total. The molecule has 0 aromatic heterocycles. The van der Waals surface area contributed by atoms with Crippen LogP contribution in [-0.2, 0) is 0 Å². The monoisotopic (exact) mass is 210 g/mol. The lowest BCUT2D eigenvalue weighted by Gasteiger charge is -2.45. The average Bonchev–Trinajstić information content (AvgIpc) is 2.09. The van der Waals surface area contributed by atoms with Crippen LogP contribution in [0.15, 0.2) is 0 Å². The Labute approximate surface area is 96.8 Å². The quantitative estimate of drug-likeness (QED) is 0.520. The maximum Gasteiger partial charge on any atom is -0.0241 e. The van der Waals surface area contributed by atoms with Crippen LogP contribution < -0.4 is 0 Å². The van der Waals surface area contributed by atoms with Crippen molar-refractivity contribution in [2.75, 3.05) is 0 Å². The summed E-state index contributed by atoms with van der Waals surface area (Å²) in [5, 5.41) is 0. The summed E-state index contributed by atoms with van der Waals surface area (Å²) >= 11 is 0. The molecule has 90 valence electrons. The molecule has 1 unspecified atom stereocenters. The van der Waals surface area contributed by atoms with Gasteiger partial charge in [-0.25, -0.2) is 0 Å². The Kier molecular flexibility index (Phi) is 2.63. The summed E-state index contributed by atoms with van der Waals surface area (Å²) in [4.78, 5) is 0. The third kappa shape index (κ3) is 1.56. The topological polar surface area (TPSA) is 0 Å². The van der Waals surface area contributed by atoms with Gasteiger partial charge in [0.15, 0.2) is 0 Å². The van der Waals surface area contributed by atoms with Crippen molar-refractivity contribution in [3.63, 3.8) is 0 Å². The Balaban J connectivity index is 3.21. The molecule has 0 aromatic rings. The normalized spacial score (nSPS) is 39.4. The highest BCUT2D eigenvalue weighted by atomic mass is 14.6. The van der Waals surface area contributed by atoms with Gasteiger partial charge in [-0.2, -0.15) is 0 Å². The van der Waals surface area contributed by atoms with Crippen LogP contribution in [0.4, 0.5) is 0 Å². The van der Waals surface area contributed by atoms with Crippen LogP contribution in [0.3, 0.4) is 0 Å². The molecule has 1 rings (SSSR count). The second-order valence-corrected chi connectivity index (χ2v) is 8.17. The smallest absolute Gasteiger partial charge is 0.0241 e. The maximum absolute atomic E-state index is 2.49. The second kappa shape index (κ2) is 3.02. The first-order chi connectivity index (χ1) is 6.36. The van der Waals surface area contributed by atoms with Crippen molar-refractivity contribution in [2.24, 2.45) is 27.6 Å². The third-order valence-electron chi connectivity index (χ3n) is 6.31. The Morgan fingerprint density at radius 3 is 1.47 bits per heavy atom. The highest BCUT2D eigenvalue weighted by Gasteiger charge is 2.60. The lowest BCUT2D eigenvalue weighted by Crippen LogP contribution is -2.38. The highest BCUT2D eigenvalue weighted by molar-refractivity contribution is 5.09. The predicted octanol–water partition coefficient (Wildman–Crippen LogP) is 5.13. The Morgan fingerprint density at radius 2 is 1.33 bits per heavy atom. The summed E-state index contributed by atoms with van der Waals surface area (Å²) in [7, 11) is 0. The van der Waals surface area contributed by atoms with E-state index in [-0.39, 0.29) is 0 Å². The molecule has 0 spiro atoms. The summed E-state index contributed by atoms with van der Waals surface area (Å²) in [5.41, 5.74) is 1.75. The van der Waals surface area contributed by atoms with E-state index in [2.05, 4.69) is 62.3 Å². The van der Waals surface area contributed by atoms with Gasteiger partial charge in [-0.1, -0.05) is 62.3 Å². The van der Waals surface area contributed by atoms with Gasteiger partial charge in [0.2, 0.25) is 0 Å². The van der Waals surface area contributed by atoms with Crippen molar-refractivity contribution in [1.82, 2.24) is 0 Å². The molecule has 15 heavy (non-hydrogen) atoms. The van der Waals surface area contributed by atoms with Gasteiger partial charge in [0, 0.05) is 0 Å². The van der Waals surface area contributed by atoms with Crippen LogP contribution in [0.1, 0.15) is 68.7 Å². The Hall–Kier alpha value is 0. The Bertz CT molecular complexity index is 252. The van der Waals surface area contributed by atoms with Gasteiger partial charge in [0.1, 0.15) is 0 Å². The maximum atomic E-state index is 2.49. The van der Waals surface area contributed by atoms with Crippen molar-refractivity contribution in [3.05, 3.63) is 0 Å². The zero-order chi connectivity index (χ0) is 12.3. The van der Waals surface area contributed by atoms with E-state index < -0.39 is 0 Å². The van der Waals surface area contributed by atoms with Gasteiger partial charge in [0.05, 0.1) is 0 Å². The summed E-state index contributed by atoms with van der Waals surface area (Å²) < 4.78 is 0. The summed E-state index contributed by atoms with van der Waals surface area (Å²) in [6, 6.07) is 0. The number of rotatable bonds is 0. The fourth-order valence-electron chi connectivity index (χ4n) is 3.60. The van der Waals surface area contributed by atoms with E-state index in [1.54, 1.807) is 0 Å². The van der Waals surface area contributed by atoms with Gasteiger partial charge in [-0.3, -0.25) is 0 Å². The zero-order valence-electron chi connectivity index (χ0n) is 12.3. The first-order valence-electron chi connectivity index (χ1n) is 6.36. The van der Waals surface area contributed by atoms with E-state index in [4.69, 9.17) is 0 Å². The zero-order valence-corrected chi connectivity index (χ0v) is 12.3. The molecule has 0 N–H and O–H groups in total.